The van der Waals surface area contributed by atoms with Crippen molar-refractivity contribution in [3.63, 3.8) is 0 Å². The minimum Gasteiger partial charge on any atom is -1.00 e. The maximum atomic E-state index is 12.5. The van der Waals surface area contributed by atoms with Gasteiger partial charge in [0.05, 0.1) is 9.79 Å². The van der Waals surface area contributed by atoms with Crippen LogP contribution in [0.4, 0.5) is 11.4 Å². The standard InChI is InChI=1S/C16H16N2O4S.C2H4O3S.Na.H/c1-11(19)17-13-3-7-15(8-4-13)23(21,22)16-9-5-14(6-10-16)18-12(2)20;1-2(3)6(4)5;;/h3-10H,1-2H3,(H,17,19)(H,18,20);1H3,(H,4,5);;/q;;+1;-1/p-1. The molecule has 30 heavy (non-hydrogen) atoms. The third kappa shape index (κ3) is 9.28. The number of anilines is 2. The van der Waals surface area contributed by atoms with Crippen molar-refractivity contribution < 1.29 is 62.5 Å². The summed E-state index contributed by atoms with van der Waals surface area (Å²) in [6.45, 7) is 3.74. The van der Waals surface area contributed by atoms with E-state index in [1.54, 1.807) is 0 Å². The summed E-state index contributed by atoms with van der Waals surface area (Å²) in [5.41, 5.74) is 1.05. The summed E-state index contributed by atoms with van der Waals surface area (Å²) in [5, 5.41) is 4.33. The van der Waals surface area contributed by atoms with Crippen LogP contribution in [0.15, 0.2) is 58.3 Å². The Bertz CT molecular complexity index is 950. The maximum Gasteiger partial charge on any atom is 1.00 e. The van der Waals surface area contributed by atoms with Crippen molar-refractivity contribution in [2.75, 3.05) is 10.6 Å². The molecular formula is C18H20N2NaO7S2-. The Morgan fingerprint density at radius 2 is 1.07 bits per heavy atom. The van der Waals surface area contributed by atoms with Crippen molar-refractivity contribution in [3.05, 3.63) is 48.5 Å². The quantitative estimate of drug-likeness (QED) is 0.435. The fraction of sp³-hybridized carbons (Fsp3) is 0.167. The molecule has 12 heteroatoms. The van der Waals surface area contributed by atoms with Crippen molar-refractivity contribution in [3.8, 4) is 0 Å². The molecule has 2 rings (SSSR count). The number of carbonyl (C=O) groups excluding carboxylic acids is 3. The molecule has 1 unspecified atom stereocenters. The van der Waals surface area contributed by atoms with Crippen molar-refractivity contribution in [2.45, 2.75) is 30.6 Å². The largest absolute Gasteiger partial charge is 1.00 e. The van der Waals surface area contributed by atoms with E-state index in [4.69, 9.17) is 0 Å². The number of hydrogen-bond acceptors (Lipinski definition) is 7. The van der Waals surface area contributed by atoms with Crippen LogP contribution in [0, 0.1) is 0 Å². The summed E-state index contributed by atoms with van der Waals surface area (Å²) in [4.78, 5) is 31.7. The summed E-state index contributed by atoms with van der Waals surface area (Å²) in [6, 6.07) is 11.8. The average Bonchev–Trinajstić information content (AvgIpc) is 2.62. The van der Waals surface area contributed by atoms with Gasteiger partial charge in [0.15, 0.2) is 0 Å². The van der Waals surface area contributed by atoms with Gasteiger partial charge in [-0.1, -0.05) is 0 Å². The first kappa shape index (κ1) is 28.1. The van der Waals surface area contributed by atoms with Crippen molar-refractivity contribution in [2.24, 2.45) is 0 Å². The van der Waals surface area contributed by atoms with Gasteiger partial charge in [0.25, 0.3) is 0 Å². The molecule has 2 amide bonds. The van der Waals surface area contributed by atoms with Crippen LogP contribution in [0.5, 0.6) is 0 Å². The summed E-state index contributed by atoms with van der Waals surface area (Å²) >= 11 is -2.51. The van der Waals surface area contributed by atoms with E-state index < -0.39 is 26.0 Å². The molecule has 0 bridgehead atoms. The molecule has 0 aromatic heterocycles. The number of amides is 2. The predicted molar refractivity (Wildman–Crippen MR) is 108 cm³/mol. The molecule has 0 saturated heterocycles. The molecule has 0 spiro atoms. The molecule has 1 atom stereocenters. The van der Waals surface area contributed by atoms with Gasteiger partial charge in [-0.2, -0.15) is 0 Å². The second-order valence-electron chi connectivity index (χ2n) is 5.64. The molecule has 158 valence electrons. The minimum atomic E-state index is -3.65. The molecule has 2 aromatic rings. The van der Waals surface area contributed by atoms with Gasteiger partial charge in [-0.3, -0.25) is 18.6 Å². The Balaban J connectivity index is 0. The van der Waals surface area contributed by atoms with Crippen LogP contribution < -0.4 is 40.2 Å². The Labute approximate surface area is 200 Å². The van der Waals surface area contributed by atoms with Gasteiger partial charge < -0.3 is 16.6 Å². The van der Waals surface area contributed by atoms with Gasteiger partial charge in [-0.05, 0) is 48.5 Å². The summed E-state index contributed by atoms with van der Waals surface area (Å²) in [6.07, 6.45) is 0. The zero-order valence-corrected chi connectivity index (χ0v) is 20.4. The Kier molecular flexibility index (Phi) is 11.9. The number of hydrogen-bond donors (Lipinski definition) is 2. The summed E-state index contributed by atoms with van der Waals surface area (Å²) in [7, 11) is -3.65. The van der Waals surface area contributed by atoms with Crippen LogP contribution in [-0.2, 0) is 35.3 Å². The number of sulfone groups is 1. The second-order valence-corrected chi connectivity index (χ2v) is 8.63. The number of carbonyl (C=O) groups is 3. The first-order valence-electron chi connectivity index (χ1n) is 8.03. The van der Waals surface area contributed by atoms with Crippen LogP contribution in [0.3, 0.4) is 0 Å². The van der Waals surface area contributed by atoms with E-state index in [1.165, 1.54) is 62.4 Å². The first-order valence-corrected chi connectivity index (χ1v) is 10.6. The topological polar surface area (TPSA) is 150 Å². The normalized spacial score (nSPS) is 11.1. The van der Waals surface area contributed by atoms with Gasteiger partial charge in [-0.15, -0.1) is 0 Å². The molecule has 2 aromatic carbocycles. The molecule has 0 aliphatic carbocycles. The zero-order chi connectivity index (χ0) is 22.2. The molecule has 9 nitrogen and oxygen atoms in total. The van der Waals surface area contributed by atoms with E-state index in [1.807, 2.05) is 0 Å². The van der Waals surface area contributed by atoms with Gasteiger partial charge in [0, 0.05) is 43.2 Å². The van der Waals surface area contributed by atoms with E-state index in [0.717, 1.165) is 6.92 Å². The maximum absolute atomic E-state index is 12.5. The Hall–Kier alpha value is -1.89. The van der Waals surface area contributed by atoms with E-state index in [0.29, 0.717) is 11.4 Å². The van der Waals surface area contributed by atoms with Crippen LogP contribution in [0.25, 0.3) is 0 Å². The van der Waals surface area contributed by atoms with Crippen molar-refractivity contribution >= 4 is 49.2 Å². The third-order valence-corrected chi connectivity index (χ3v) is 5.46. The zero-order valence-electron chi connectivity index (χ0n) is 17.8. The van der Waals surface area contributed by atoms with Crippen LogP contribution in [-0.4, -0.2) is 34.1 Å². The van der Waals surface area contributed by atoms with E-state index in [2.05, 4.69) is 10.6 Å². The number of nitrogens with one attached hydrogen (secondary N) is 2. The molecule has 0 aliphatic heterocycles. The van der Waals surface area contributed by atoms with E-state index >= 15 is 0 Å². The molecular weight excluding hydrogens is 443 g/mol. The van der Waals surface area contributed by atoms with Crippen molar-refractivity contribution in [1.29, 1.82) is 0 Å². The fourth-order valence-corrected chi connectivity index (χ4v) is 3.24. The molecule has 2 N–H and O–H groups in total. The van der Waals surface area contributed by atoms with Crippen LogP contribution in [0.1, 0.15) is 22.2 Å². The molecule has 0 heterocycles. The Morgan fingerprint density at radius 1 is 0.800 bits per heavy atom. The van der Waals surface area contributed by atoms with Crippen LogP contribution >= 0.6 is 0 Å². The number of benzene rings is 2. The van der Waals surface area contributed by atoms with Gasteiger partial charge in [-0.25, -0.2) is 8.42 Å². The smallest absolute Gasteiger partial charge is 1.00 e. The monoisotopic (exact) mass is 463 g/mol. The average molecular weight is 463 g/mol. The van der Waals surface area contributed by atoms with Crippen LogP contribution in [0.2, 0.25) is 0 Å². The first-order chi connectivity index (χ1) is 13.4. The summed E-state index contributed by atoms with van der Waals surface area (Å²) in [5.74, 6) is -0.455. The Morgan fingerprint density at radius 3 is 1.27 bits per heavy atom. The van der Waals surface area contributed by atoms with Crippen molar-refractivity contribution in [1.82, 2.24) is 0 Å². The molecule has 0 radical (unpaired) electrons. The summed E-state index contributed by atoms with van der Waals surface area (Å²) < 4.78 is 43.8. The fourth-order valence-electron chi connectivity index (χ4n) is 1.98. The van der Waals surface area contributed by atoms with Gasteiger partial charge >= 0.3 is 29.6 Å². The minimum absolute atomic E-state index is 0. The predicted octanol–water partition coefficient (Wildman–Crippen LogP) is -1.04. The van der Waals surface area contributed by atoms with Gasteiger partial charge in [0.2, 0.25) is 26.8 Å². The van der Waals surface area contributed by atoms with Gasteiger partial charge in [0.1, 0.15) is 0 Å². The second kappa shape index (κ2) is 12.7. The molecule has 0 saturated carbocycles. The third-order valence-electron chi connectivity index (χ3n) is 3.20. The van der Waals surface area contributed by atoms with E-state index in [9.17, 15) is 31.6 Å². The van der Waals surface area contributed by atoms with E-state index in [-0.39, 0.29) is 52.6 Å². The molecule has 0 fully saturated rings. The SMILES string of the molecule is CC(=O)Nc1ccc(S(=O)(=O)c2ccc(NC(C)=O)cc2)cc1.CC(=O)S(=O)[O-].[H-].[Na+]. The number of rotatable bonds is 4. The molecule has 0 aliphatic rings.